The lowest BCUT2D eigenvalue weighted by Crippen LogP contribution is -1.93. The Morgan fingerprint density at radius 2 is 1.95 bits per heavy atom. The Morgan fingerprint density at radius 3 is 2.68 bits per heavy atom. The van der Waals surface area contributed by atoms with Crippen LogP contribution < -0.4 is 9.47 Å². The maximum absolute atomic E-state index is 5.34. The van der Waals surface area contributed by atoms with Crippen LogP contribution in [0.3, 0.4) is 0 Å². The summed E-state index contributed by atoms with van der Waals surface area (Å²) in [6.45, 7) is 1.98. The van der Waals surface area contributed by atoms with Crippen molar-refractivity contribution in [3.05, 3.63) is 29.4 Å². The van der Waals surface area contributed by atoms with E-state index in [4.69, 9.17) is 9.47 Å². The van der Waals surface area contributed by atoms with Crippen molar-refractivity contribution < 1.29 is 9.47 Å². The third kappa shape index (κ3) is 1.84. The molecule has 0 saturated heterocycles. The molecular formula is C13H13N3O2S. The number of hydrogen-bond donors (Lipinski definition) is 0. The molecule has 3 rings (SSSR count). The van der Waals surface area contributed by atoms with Gasteiger partial charge in [0.25, 0.3) is 0 Å². The van der Waals surface area contributed by atoms with Crippen LogP contribution in [0.15, 0.2) is 23.7 Å². The molecule has 1 aromatic carbocycles. The zero-order valence-electron chi connectivity index (χ0n) is 10.9. The van der Waals surface area contributed by atoms with E-state index >= 15 is 0 Å². The van der Waals surface area contributed by atoms with Crippen molar-refractivity contribution in [1.82, 2.24) is 14.6 Å². The standard InChI is InChI=1S/C13H13N3O2S/c1-8-12(16-13(15-8)19-7-14-16)9-4-5-10(17-2)11(6-9)18-3/h4-7H,1-3H3. The Kier molecular flexibility index (Phi) is 2.87. The van der Waals surface area contributed by atoms with Crippen LogP contribution in [0.25, 0.3) is 16.2 Å². The molecule has 0 aliphatic carbocycles. The molecule has 0 fully saturated rings. The number of hydrogen-bond acceptors (Lipinski definition) is 5. The first-order valence-electron chi connectivity index (χ1n) is 5.76. The number of aromatic nitrogens is 3. The first-order valence-corrected chi connectivity index (χ1v) is 6.63. The van der Waals surface area contributed by atoms with Gasteiger partial charge in [0.2, 0.25) is 4.96 Å². The number of fused-ring (bicyclic) bond motifs is 1. The Labute approximate surface area is 114 Å². The molecule has 3 aromatic rings. The molecule has 0 N–H and O–H groups in total. The third-order valence-electron chi connectivity index (χ3n) is 2.98. The second-order valence-corrected chi connectivity index (χ2v) is 4.86. The zero-order valence-corrected chi connectivity index (χ0v) is 11.7. The number of methoxy groups -OCH3 is 2. The second-order valence-electron chi connectivity index (χ2n) is 4.05. The Balaban J connectivity index is 2.21. The second kappa shape index (κ2) is 4.55. The summed E-state index contributed by atoms with van der Waals surface area (Å²) in [5.74, 6) is 1.41. The summed E-state index contributed by atoms with van der Waals surface area (Å²) in [4.78, 5) is 5.39. The number of rotatable bonds is 3. The van der Waals surface area contributed by atoms with Crippen LogP contribution in [0.4, 0.5) is 0 Å². The molecule has 6 heteroatoms. The maximum atomic E-state index is 5.34. The van der Waals surface area contributed by atoms with Gasteiger partial charge in [-0.2, -0.15) is 5.10 Å². The summed E-state index contributed by atoms with van der Waals surface area (Å²) in [5, 5.41) is 4.31. The van der Waals surface area contributed by atoms with Gasteiger partial charge in [0.05, 0.1) is 25.6 Å². The highest BCUT2D eigenvalue weighted by molar-refractivity contribution is 7.14. The van der Waals surface area contributed by atoms with Gasteiger partial charge in [-0.1, -0.05) is 11.3 Å². The first kappa shape index (κ1) is 12.0. The monoisotopic (exact) mass is 275 g/mol. The Morgan fingerprint density at radius 1 is 1.16 bits per heavy atom. The van der Waals surface area contributed by atoms with Gasteiger partial charge in [-0.15, -0.1) is 0 Å². The SMILES string of the molecule is COc1ccc(-c2c(C)nc3scnn23)cc1OC. The lowest BCUT2D eigenvalue weighted by atomic mass is 10.1. The molecule has 5 nitrogen and oxygen atoms in total. The topological polar surface area (TPSA) is 48.7 Å². The summed E-state index contributed by atoms with van der Waals surface area (Å²) in [7, 11) is 3.25. The zero-order chi connectivity index (χ0) is 13.4. The fourth-order valence-corrected chi connectivity index (χ4v) is 2.77. The highest BCUT2D eigenvalue weighted by Gasteiger charge is 2.15. The molecule has 2 aromatic heterocycles. The number of ether oxygens (including phenoxy) is 2. The van der Waals surface area contributed by atoms with Crippen LogP contribution in [-0.4, -0.2) is 28.8 Å². The maximum Gasteiger partial charge on any atom is 0.212 e. The van der Waals surface area contributed by atoms with Crippen LogP contribution in [0.1, 0.15) is 5.69 Å². The van der Waals surface area contributed by atoms with Crippen molar-refractivity contribution in [1.29, 1.82) is 0 Å². The van der Waals surface area contributed by atoms with Crippen LogP contribution >= 0.6 is 11.3 Å². The smallest absolute Gasteiger partial charge is 0.212 e. The van der Waals surface area contributed by atoms with E-state index in [-0.39, 0.29) is 0 Å². The van der Waals surface area contributed by atoms with Gasteiger partial charge in [0.15, 0.2) is 11.5 Å². The molecule has 0 atom stereocenters. The lowest BCUT2D eigenvalue weighted by molar-refractivity contribution is 0.355. The minimum Gasteiger partial charge on any atom is -0.493 e. The van der Waals surface area contributed by atoms with E-state index in [9.17, 15) is 0 Å². The molecule has 98 valence electrons. The van der Waals surface area contributed by atoms with E-state index in [1.165, 1.54) is 11.3 Å². The third-order valence-corrected chi connectivity index (χ3v) is 3.65. The Bertz CT molecular complexity index is 733. The number of imidazole rings is 1. The van der Waals surface area contributed by atoms with Gasteiger partial charge in [0, 0.05) is 5.56 Å². The minimum absolute atomic E-state index is 0.699. The van der Waals surface area contributed by atoms with E-state index in [1.54, 1.807) is 19.7 Å². The quantitative estimate of drug-likeness (QED) is 0.737. The highest BCUT2D eigenvalue weighted by atomic mass is 32.1. The fourth-order valence-electron chi connectivity index (χ4n) is 2.11. The molecule has 0 unspecified atom stereocenters. The molecule has 2 heterocycles. The van der Waals surface area contributed by atoms with Crippen molar-refractivity contribution >= 4 is 16.3 Å². The molecule has 0 radical (unpaired) electrons. The number of benzene rings is 1. The lowest BCUT2D eigenvalue weighted by Gasteiger charge is -2.09. The summed E-state index contributed by atoms with van der Waals surface area (Å²) >= 11 is 1.52. The van der Waals surface area contributed by atoms with E-state index < -0.39 is 0 Å². The predicted molar refractivity (Wildman–Crippen MR) is 74.1 cm³/mol. The highest BCUT2D eigenvalue weighted by Crippen LogP contribution is 2.34. The molecule has 19 heavy (non-hydrogen) atoms. The van der Waals surface area contributed by atoms with Gasteiger partial charge >= 0.3 is 0 Å². The van der Waals surface area contributed by atoms with E-state index in [0.29, 0.717) is 11.5 Å². The molecule has 0 amide bonds. The van der Waals surface area contributed by atoms with E-state index in [0.717, 1.165) is 21.9 Å². The average molecular weight is 275 g/mol. The number of aryl methyl sites for hydroxylation is 1. The van der Waals surface area contributed by atoms with Gasteiger partial charge in [-0.25, -0.2) is 9.50 Å². The summed E-state index contributed by atoms with van der Waals surface area (Å²) < 4.78 is 12.4. The van der Waals surface area contributed by atoms with Crippen molar-refractivity contribution in [3.63, 3.8) is 0 Å². The van der Waals surface area contributed by atoms with Crippen LogP contribution in [0, 0.1) is 6.92 Å². The molecular weight excluding hydrogens is 262 g/mol. The largest absolute Gasteiger partial charge is 0.493 e. The van der Waals surface area contributed by atoms with Crippen molar-refractivity contribution in [2.75, 3.05) is 14.2 Å². The van der Waals surface area contributed by atoms with Gasteiger partial charge in [0.1, 0.15) is 5.51 Å². The van der Waals surface area contributed by atoms with Crippen molar-refractivity contribution in [3.8, 4) is 22.8 Å². The van der Waals surface area contributed by atoms with Gasteiger partial charge < -0.3 is 9.47 Å². The molecule has 0 saturated carbocycles. The number of nitrogens with zero attached hydrogens (tertiary/aromatic N) is 3. The summed E-state index contributed by atoms with van der Waals surface area (Å²) in [6, 6.07) is 5.81. The van der Waals surface area contributed by atoms with Crippen LogP contribution in [0.5, 0.6) is 11.5 Å². The normalized spacial score (nSPS) is 10.9. The molecule has 0 aliphatic heterocycles. The molecule has 0 aliphatic rings. The van der Waals surface area contributed by atoms with Gasteiger partial charge in [-0.05, 0) is 25.1 Å². The minimum atomic E-state index is 0.699. The predicted octanol–water partition coefficient (Wildman–Crippen LogP) is 2.78. The van der Waals surface area contributed by atoms with Crippen LogP contribution in [-0.2, 0) is 0 Å². The molecule has 0 spiro atoms. The molecule has 0 bridgehead atoms. The summed E-state index contributed by atoms with van der Waals surface area (Å²) in [6.07, 6.45) is 0. The first-order chi connectivity index (χ1) is 9.24. The van der Waals surface area contributed by atoms with Crippen molar-refractivity contribution in [2.45, 2.75) is 6.92 Å². The fraction of sp³-hybridized carbons (Fsp3) is 0.231. The average Bonchev–Trinajstić information content (AvgIpc) is 2.97. The Hall–Kier alpha value is -2.08. The van der Waals surface area contributed by atoms with Crippen molar-refractivity contribution in [2.24, 2.45) is 0 Å². The summed E-state index contributed by atoms with van der Waals surface area (Å²) in [5.41, 5.74) is 4.73. The van der Waals surface area contributed by atoms with Gasteiger partial charge in [-0.3, -0.25) is 0 Å². The van der Waals surface area contributed by atoms with E-state index in [2.05, 4.69) is 10.1 Å². The van der Waals surface area contributed by atoms with Crippen LogP contribution in [0.2, 0.25) is 0 Å². The van der Waals surface area contributed by atoms with E-state index in [1.807, 2.05) is 29.6 Å².